The molecule has 0 saturated carbocycles. The summed E-state index contributed by atoms with van der Waals surface area (Å²) in [6.45, 7) is 1.82. The molecule has 7 nitrogen and oxygen atoms in total. The summed E-state index contributed by atoms with van der Waals surface area (Å²) in [6.07, 6.45) is -2.99. The first-order valence-electron chi connectivity index (χ1n) is 12.1. The predicted octanol–water partition coefficient (Wildman–Crippen LogP) is 6.84. The fourth-order valence-electron chi connectivity index (χ4n) is 4.45. The summed E-state index contributed by atoms with van der Waals surface area (Å²) in [5, 5.41) is 14.7. The Kier molecular flexibility index (Phi) is 6.76. The number of carbonyl (C=O) groups excluding carboxylic acids is 1. The molecule has 0 radical (unpaired) electrons. The molecule has 1 heterocycles. The molecule has 4 aromatic carbocycles. The highest BCUT2D eigenvalue weighted by atomic mass is 19.4. The Labute approximate surface area is 227 Å². The standard InChI is InChI=1S/C30H23F3N4O3/c1-16-6-7-18(28(39)36-21-5-3-4-20(14-21)30(31,32)33)12-23(16)24-13-19-15-35-29(34)37-26(19)25(27(24)38)17-8-10-22(40-2)11-9-17/h3-15,38H,1-2H3,(H,36,39)(H2,34,35,37). The van der Waals surface area contributed by atoms with Crippen LogP contribution in [-0.4, -0.2) is 28.1 Å². The van der Waals surface area contributed by atoms with E-state index in [4.69, 9.17) is 10.5 Å². The van der Waals surface area contributed by atoms with E-state index in [-0.39, 0.29) is 22.9 Å². The van der Waals surface area contributed by atoms with Crippen molar-refractivity contribution in [3.8, 4) is 33.8 Å². The van der Waals surface area contributed by atoms with Crippen LogP contribution in [0.5, 0.6) is 11.5 Å². The molecule has 0 aliphatic carbocycles. The van der Waals surface area contributed by atoms with Crippen LogP contribution in [0.2, 0.25) is 0 Å². The molecule has 4 N–H and O–H groups in total. The van der Waals surface area contributed by atoms with Crippen molar-refractivity contribution in [2.75, 3.05) is 18.2 Å². The number of amides is 1. The zero-order valence-corrected chi connectivity index (χ0v) is 21.4. The largest absolute Gasteiger partial charge is 0.507 e. The molecule has 0 bridgehead atoms. The number of hydrogen-bond donors (Lipinski definition) is 3. The number of fused-ring (bicyclic) bond motifs is 1. The highest BCUT2D eigenvalue weighted by Crippen LogP contribution is 2.44. The molecule has 1 aromatic heterocycles. The fraction of sp³-hybridized carbons (Fsp3) is 0.100. The number of nitrogen functional groups attached to an aromatic ring is 1. The van der Waals surface area contributed by atoms with Crippen molar-refractivity contribution in [2.45, 2.75) is 13.1 Å². The number of hydrogen-bond acceptors (Lipinski definition) is 6. The number of aryl methyl sites for hydroxylation is 1. The van der Waals surface area contributed by atoms with Crippen molar-refractivity contribution >= 4 is 28.4 Å². The van der Waals surface area contributed by atoms with E-state index in [0.717, 1.165) is 17.7 Å². The lowest BCUT2D eigenvalue weighted by Crippen LogP contribution is -2.13. The van der Waals surface area contributed by atoms with Crippen LogP contribution in [0, 0.1) is 6.92 Å². The number of methoxy groups -OCH3 is 1. The Balaban J connectivity index is 1.61. The maximum absolute atomic E-state index is 13.1. The van der Waals surface area contributed by atoms with Crippen LogP contribution < -0.4 is 15.8 Å². The maximum Gasteiger partial charge on any atom is 0.416 e. The molecular weight excluding hydrogens is 521 g/mol. The number of rotatable bonds is 5. The molecule has 5 aromatic rings. The first-order valence-corrected chi connectivity index (χ1v) is 12.1. The smallest absolute Gasteiger partial charge is 0.416 e. The summed E-state index contributed by atoms with van der Waals surface area (Å²) in [5.74, 6) is -0.0198. The van der Waals surface area contributed by atoms with E-state index in [1.165, 1.54) is 12.1 Å². The molecule has 5 rings (SSSR count). The molecular formula is C30H23F3N4O3. The number of carbonyl (C=O) groups is 1. The SMILES string of the molecule is COc1ccc(-c2c(O)c(-c3cc(C(=O)Nc4cccc(C(F)(F)F)c4)ccc3C)cc3cnc(N)nc23)cc1. The molecule has 0 aliphatic heterocycles. The number of phenols is 1. The Morgan fingerprint density at radius 3 is 2.45 bits per heavy atom. The summed E-state index contributed by atoms with van der Waals surface area (Å²) < 4.78 is 44.6. The van der Waals surface area contributed by atoms with E-state index >= 15 is 0 Å². The van der Waals surface area contributed by atoms with Gasteiger partial charge in [0.1, 0.15) is 11.5 Å². The van der Waals surface area contributed by atoms with Crippen molar-refractivity contribution in [3.63, 3.8) is 0 Å². The van der Waals surface area contributed by atoms with Crippen molar-refractivity contribution in [1.29, 1.82) is 0 Å². The van der Waals surface area contributed by atoms with E-state index in [2.05, 4.69) is 15.3 Å². The predicted molar refractivity (Wildman–Crippen MR) is 147 cm³/mol. The van der Waals surface area contributed by atoms with Gasteiger partial charge in [0, 0.05) is 28.4 Å². The highest BCUT2D eigenvalue weighted by molar-refractivity contribution is 6.06. The lowest BCUT2D eigenvalue weighted by atomic mass is 9.91. The topological polar surface area (TPSA) is 110 Å². The van der Waals surface area contributed by atoms with Gasteiger partial charge in [0.2, 0.25) is 5.95 Å². The van der Waals surface area contributed by atoms with Crippen LogP contribution in [0.25, 0.3) is 33.2 Å². The monoisotopic (exact) mass is 544 g/mol. The number of alkyl halides is 3. The summed E-state index contributed by atoms with van der Waals surface area (Å²) in [6, 6.07) is 18.0. The first-order chi connectivity index (χ1) is 19.0. The Morgan fingerprint density at radius 2 is 1.75 bits per heavy atom. The normalized spacial score (nSPS) is 11.4. The van der Waals surface area contributed by atoms with E-state index in [1.54, 1.807) is 61.8 Å². The van der Waals surface area contributed by atoms with Crippen LogP contribution in [0.1, 0.15) is 21.5 Å². The lowest BCUT2D eigenvalue weighted by molar-refractivity contribution is -0.137. The average molecular weight is 545 g/mol. The van der Waals surface area contributed by atoms with Gasteiger partial charge in [-0.3, -0.25) is 4.79 Å². The minimum absolute atomic E-state index is 0.00651. The van der Waals surface area contributed by atoms with Gasteiger partial charge < -0.3 is 20.9 Å². The zero-order chi connectivity index (χ0) is 28.6. The molecule has 0 aliphatic rings. The molecule has 0 spiro atoms. The third-order valence-electron chi connectivity index (χ3n) is 6.48. The molecule has 40 heavy (non-hydrogen) atoms. The van der Waals surface area contributed by atoms with Gasteiger partial charge in [0.15, 0.2) is 0 Å². The minimum Gasteiger partial charge on any atom is -0.507 e. The Morgan fingerprint density at radius 1 is 1.00 bits per heavy atom. The van der Waals surface area contributed by atoms with Gasteiger partial charge in [0.05, 0.1) is 23.8 Å². The van der Waals surface area contributed by atoms with Crippen molar-refractivity contribution < 1.29 is 27.8 Å². The average Bonchev–Trinajstić information content (AvgIpc) is 2.93. The van der Waals surface area contributed by atoms with Crippen LogP contribution >= 0.6 is 0 Å². The third kappa shape index (κ3) is 5.11. The first kappa shape index (κ1) is 26.5. The van der Waals surface area contributed by atoms with Crippen LogP contribution in [-0.2, 0) is 6.18 Å². The van der Waals surface area contributed by atoms with E-state index in [1.807, 2.05) is 6.92 Å². The Hall–Kier alpha value is -5.12. The molecule has 0 unspecified atom stereocenters. The van der Waals surface area contributed by atoms with Crippen molar-refractivity contribution in [1.82, 2.24) is 9.97 Å². The number of ether oxygens (including phenoxy) is 1. The van der Waals surface area contributed by atoms with E-state index in [0.29, 0.717) is 38.9 Å². The quantitative estimate of drug-likeness (QED) is 0.223. The number of phenolic OH excluding ortho intramolecular Hbond substituents is 1. The van der Waals surface area contributed by atoms with Gasteiger partial charge in [-0.2, -0.15) is 13.2 Å². The fourth-order valence-corrected chi connectivity index (χ4v) is 4.45. The van der Waals surface area contributed by atoms with Crippen LogP contribution in [0.15, 0.2) is 79.0 Å². The molecule has 0 fully saturated rings. The number of halogens is 3. The third-order valence-corrected chi connectivity index (χ3v) is 6.48. The van der Waals surface area contributed by atoms with Gasteiger partial charge in [-0.05, 0) is 72.1 Å². The molecule has 1 amide bonds. The van der Waals surface area contributed by atoms with Gasteiger partial charge in [-0.15, -0.1) is 0 Å². The number of nitrogens with two attached hydrogens (primary N) is 1. The second kappa shape index (κ2) is 10.2. The Bertz CT molecular complexity index is 1750. The van der Waals surface area contributed by atoms with Crippen molar-refractivity contribution in [2.24, 2.45) is 0 Å². The van der Waals surface area contributed by atoms with Crippen LogP contribution in [0.3, 0.4) is 0 Å². The molecule has 0 atom stereocenters. The molecule has 0 saturated heterocycles. The summed E-state index contributed by atoms with van der Waals surface area (Å²) >= 11 is 0. The summed E-state index contributed by atoms with van der Waals surface area (Å²) in [5.41, 5.74) is 8.41. The van der Waals surface area contributed by atoms with Gasteiger partial charge >= 0.3 is 6.18 Å². The highest BCUT2D eigenvalue weighted by Gasteiger charge is 2.30. The minimum atomic E-state index is -4.54. The van der Waals surface area contributed by atoms with Crippen molar-refractivity contribution in [3.05, 3.63) is 95.7 Å². The molecule has 10 heteroatoms. The second-order valence-electron chi connectivity index (χ2n) is 9.10. The summed E-state index contributed by atoms with van der Waals surface area (Å²) in [7, 11) is 1.55. The van der Waals surface area contributed by atoms with E-state index < -0.39 is 17.6 Å². The number of benzene rings is 4. The number of aromatic hydroxyl groups is 1. The van der Waals surface area contributed by atoms with Gasteiger partial charge in [-0.1, -0.05) is 24.3 Å². The number of nitrogens with one attached hydrogen (secondary N) is 1. The number of anilines is 2. The van der Waals surface area contributed by atoms with Crippen LogP contribution in [0.4, 0.5) is 24.8 Å². The number of aromatic nitrogens is 2. The molecule has 202 valence electrons. The second-order valence-corrected chi connectivity index (χ2v) is 9.10. The van der Waals surface area contributed by atoms with E-state index in [9.17, 15) is 23.1 Å². The summed E-state index contributed by atoms with van der Waals surface area (Å²) in [4.78, 5) is 21.5. The lowest BCUT2D eigenvalue weighted by Gasteiger charge is -2.16. The maximum atomic E-state index is 13.1. The number of nitrogens with zero attached hydrogens (tertiary/aromatic N) is 2. The van der Waals surface area contributed by atoms with Gasteiger partial charge in [-0.25, -0.2) is 9.97 Å². The van der Waals surface area contributed by atoms with Gasteiger partial charge in [0.25, 0.3) is 5.91 Å². The zero-order valence-electron chi connectivity index (χ0n) is 21.4.